The average molecular weight is 279 g/mol. The Labute approximate surface area is 119 Å². The fourth-order valence-electron chi connectivity index (χ4n) is 2.15. The van der Waals surface area contributed by atoms with Crippen LogP contribution in [0.4, 0.5) is 5.69 Å². The molecule has 20 heavy (non-hydrogen) atoms. The van der Waals surface area contributed by atoms with Crippen molar-refractivity contribution >= 4 is 5.69 Å². The van der Waals surface area contributed by atoms with Crippen molar-refractivity contribution in [1.29, 1.82) is 0 Å². The predicted octanol–water partition coefficient (Wildman–Crippen LogP) is 2.82. The van der Waals surface area contributed by atoms with Crippen LogP contribution >= 0.6 is 0 Å². The van der Waals surface area contributed by atoms with Crippen LogP contribution in [0.1, 0.15) is 12.8 Å². The molecule has 1 heterocycles. The van der Waals surface area contributed by atoms with Gasteiger partial charge in [-0.2, -0.15) is 0 Å². The van der Waals surface area contributed by atoms with E-state index in [-0.39, 0.29) is 6.10 Å². The fourth-order valence-corrected chi connectivity index (χ4v) is 2.15. The highest BCUT2D eigenvalue weighted by Crippen LogP contribution is 2.39. The molecule has 0 fully saturated rings. The highest BCUT2D eigenvalue weighted by molar-refractivity contribution is 5.62. The fraction of sp³-hybridized carbons (Fsp3) is 0.467. The van der Waals surface area contributed by atoms with E-state index in [2.05, 4.69) is 5.32 Å². The van der Waals surface area contributed by atoms with Crippen molar-refractivity contribution in [2.24, 2.45) is 0 Å². The zero-order chi connectivity index (χ0) is 14.4. The van der Waals surface area contributed by atoms with Gasteiger partial charge in [-0.25, -0.2) is 0 Å². The molecule has 0 aromatic heterocycles. The summed E-state index contributed by atoms with van der Waals surface area (Å²) in [6.07, 6.45) is 6.08. The van der Waals surface area contributed by atoms with Crippen molar-refractivity contribution in [3.63, 3.8) is 0 Å². The molecule has 1 aliphatic rings. The molecule has 1 atom stereocenters. The molecule has 0 saturated carbocycles. The van der Waals surface area contributed by atoms with Crippen LogP contribution in [0.25, 0.3) is 0 Å². The van der Waals surface area contributed by atoms with Gasteiger partial charge in [0.2, 0.25) is 5.75 Å². The molecule has 0 spiro atoms. The first-order valence-electron chi connectivity index (χ1n) is 6.62. The molecule has 0 bridgehead atoms. The maximum atomic E-state index is 5.53. The largest absolute Gasteiger partial charge is 0.497 e. The molecule has 5 heteroatoms. The topological polar surface area (TPSA) is 49.0 Å². The van der Waals surface area contributed by atoms with Crippen LogP contribution in [0.15, 0.2) is 24.5 Å². The highest BCUT2D eigenvalue weighted by atomic mass is 16.5. The van der Waals surface area contributed by atoms with Gasteiger partial charge in [0.05, 0.1) is 34.1 Å². The molecule has 2 rings (SSSR count). The number of nitrogens with one attached hydrogen (secondary N) is 1. The lowest BCUT2D eigenvalue weighted by Gasteiger charge is -2.21. The van der Waals surface area contributed by atoms with Crippen molar-refractivity contribution in [2.45, 2.75) is 18.9 Å². The first-order chi connectivity index (χ1) is 9.78. The number of hydrogen-bond donors (Lipinski definition) is 1. The summed E-state index contributed by atoms with van der Waals surface area (Å²) >= 11 is 0. The van der Waals surface area contributed by atoms with Crippen LogP contribution in [0, 0.1) is 0 Å². The summed E-state index contributed by atoms with van der Waals surface area (Å²) in [6.45, 7) is 0.739. The summed E-state index contributed by atoms with van der Waals surface area (Å²) in [7, 11) is 4.81. The molecule has 1 N–H and O–H groups in total. The van der Waals surface area contributed by atoms with E-state index < -0.39 is 0 Å². The molecule has 0 amide bonds. The summed E-state index contributed by atoms with van der Waals surface area (Å²) < 4.78 is 21.5. The second-order valence-corrected chi connectivity index (χ2v) is 4.50. The molecule has 1 aromatic carbocycles. The Morgan fingerprint density at radius 2 is 1.85 bits per heavy atom. The smallest absolute Gasteiger partial charge is 0.203 e. The molecular formula is C15H21NO4. The Bertz CT molecular complexity index is 448. The molecule has 1 aromatic rings. The van der Waals surface area contributed by atoms with Gasteiger partial charge < -0.3 is 24.3 Å². The normalized spacial score (nSPS) is 17.2. The van der Waals surface area contributed by atoms with Gasteiger partial charge >= 0.3 is 0 Å². The van der Waals surface area contributed by atoms with Crippen molar-refractivity contribution in [3.05, 3.63) is 24.5 Å². The SMILES string of the molecule is COc1cc(NCC2CCC=CO2)cc(OC)c1OC. The van der Waals surface area contributed by atoms with Gasteiger partial charge in [-0.1, -0.05) is 0 Å². The third-order valence-electron chi connectivity index (χ3n) is 3.22. The van der Waals surface area contributed by atoms with Gasteiger partial charge in [0.15, 0.2) is 11.5 Å². The van der Waals surface area contributed by atoms with E-state index in [1.165, 1.54) is 0 Å². The molecule has 1 unspecified atom stereocenters. The molecule has 0 radical (unpaired) electrons. The van der Waals surface area contributed by atoms with Crippen molar-refractivity contribution in [2.75, 3.05) is 33.2 Å². The van der Waals surface area contributed by atoms with Crippen LogP contribution < -0.4 is 19.5 Å². The average Bonchev–Trinajstić information content (AvgIpc) is 2.52. The van der Waals surface area contributed by atoms with Gasteiger partial charge in [0, 0.05) is 17.8 Å². The van der Waals surface area contributed by atoms with Gasteiger partial charge in [-0.15, -0.1) is 0 Å². The summed E-state index contributed by atoms with van der Waals surface area (Å²) in [5.74, 6) is 1.87. The molecule has 0 aliphatic carbocycles. The first-order valence-corrected chi connectivity index (χ1v) is 6.62. The lowest BCUT2D eigenvalue weighted by molar-refractivity contribution is 0.135. The number of rotatable bonds is 6. The Hall–Kier alpha value is -2.04. The molecule has 5 nitrogen and oxygen atoms in total. The number of benzene rings is 1. The minimum atomic E-state index is 0.194. The lowest BCUT2D eigenvalue weighted by Crippen LogP contribution is -2.23. The van der Waals surface area contributed by atoms with Gasteiger partial charge in [-0.05, 0) is 18.9 Å². The number of allylic oxidation sites excluding steroid dienone is 1. The number of ether oxygens (including phenoxy) is 4. The van der Waals surface area contributed by atoms with Crippen LogP contribution in [0.2, 0.25) is 0 Å². The Morgan fingerprint density at radius 3 is 2.35 bits per heavy atom. The van der Waals surface area contributed by atoms with E-state index in [9.17, 15) is 0 Å². The minimum Gasteiger partial charge on any atom is -0.497 e. The van der Waals surface area contributed by atoms with Crippen LogP contribution in [0.5, 0.6) is 17.2 Å². The number of hydrogen-bond acceptors (Lipinski definition) is 5. The second-order valence-electron chi connectivity index (χ2n) is 4.50. The van der Waals surface area contributed by atoms with E-state index in [0.29, 0.717) is 17.2 Å². The summed E-state index contributed by atoms with van der Waals surface area (Å²) in [5, 5.41) is 3.34. The van der Waals surface area contributed by atoms with E-state index in [1.807, 2.05) is 18.2 Å². The first kappa shape index (κ1) is 14.4. The zero-order valence-electron chi connectivity index (χ0n) is 12.1. The zero-order valence-corrected chi connectivity index (χ0v) is 12.1. The lowest BCUT2D eigenvalue weighted by atomic mass is 10.1. The molecular weight excluding hydrogens is 258 g/mol. The monoisotopic (exact) mass is 279 g/mol. The Morgan fingerprint density at radius 1 is 1.15 bits per heavy atom. The maximum absolute atomic E-state index is 5.53. The quantitative estimate of drug-likeness (QED) is 0.867. The third-order valence-corrected chi connectivity index (χ3v) is 3.22. The second kappa shape index (κ2) is 6.93. The van der Waals surface area contributed by atoms with E-state index in [4.69, 9.17) is 18.9 Å². The summed E-state index contributed by atoms with van der Waals surface area (Å²) in [4.78, 5) is 0. The molecule has 1 aliphatic heterocycles. The van der Waals surface area contributed by atoms with Crippen LogP contribution in [-0.2, 0) is 4.74 Å². The Balaban J connectivity index is 2.09. The number of anilines is 1. The highest BCUT2D eigenvalue weighted by Gasteiger charge is 2.15. The van der Waals surface area contributed by atoms with Crippen LogP contribution in [0.3, 0.4) is 0 Å². The van der Waals surface area contributed by atoms with E-state index in [0.717, 1.165) is 25.1 Å². The van der Waals surface area contributed by atoms with E-state index >= 15 is 0 Å². The number of methoxy groups -OCH3 is 3. The van der Waals surface area contributed by atoms with Gasteiger partial charge in [0.25, 0.3) is 0 Å². The predicted molar refractivity (Wildman–Crippen MR) is 77.8 cm³/mol. The third kappa shape index (κ3) is 3.29. The van der Waals surface area contributed by atoms with Crippen molar-refractivity contribution in [3.8, 4) is 17.2 Å². The van der Waals surface area contributed by atoms with Crippen molar-refractivity contribution < 1.29 is 18.9 Å². The van der Waals surface area contributed by atoms with Gasteiger partial charge in [-0.3, -0.25) is 0 Å². The van der Waals surface area contributed by atoms with Crippen LogP contribution in [-0.4, -0.2) is 34.0 Å². The maximum Gasteiger partial charge on any atom is 0.203 e. The standard InChI is InChI=1S/C15H21NO4/c1-17-13-8-11(9-14(18-2)15(13)19-3)16-10-12-6-4-5-7-20-12/h5,7-9,12,16H,4,6,10H2,1-3H3. The van der Waals surface area contributed by atoms with Crippen molar-refractivity contribution in [1.82, 2.24) is 0 Å². The van der Waals surface area contributed by atoms with E-state index in [1.54, 1.807) is 27.6 Å². The summed E-state index contributed by atoms with van der Waals surface area (Å²) in [5.41, 5.74) is 0.914. The van der Waals surface area contributed by atoms with Gasteiger partial charge in [0.1, 0.15) is 6.10 Å². The Kier molecular flexibility index (Phi) is 4.98. The summed E-state index contributed by atoms with van der Waals surface area (Å²) in [6, 6.07) is 3.78. The molecule has 0 saturated heterocycles. The molecule has 110 valence electrons. The minimum absolute atomic E-state index is 0.194.